The molecule has 0 amide bonds. The van der Waals surface area contributed by atoms with Crippen LogP contribution in [0.4, 0.5) is 0 Å². The minimum absolute atomic E-state index is 0.00720. The summed E-state index contributed by atoms with van der Waals surface area (Å²) in [6.45, 7) is 14.0. The number of hydrogen-bond donors (Lipinski definition) is 0. The van der Waals surface area contributed by atoms with Gasteiger partial charge in [-0.1, -0.05) is 76.4 Å². The van der Waals surface area contributed by atoms with E-state index in [9.17, 15) is 19.2 Å². The van der Waals surface area contributed by atoms with Gasteiger partial charge in [-0.25, -0.2) is 0 Å². The molecule has 0 heterocycles. The number of aryl methyl sites for hydroxylation is 1. The van der Waals surface area contributed by atoms with Crippen LogP contribution in [0, 0.1) is 31.6 Å². The molecule has 2 aromatic carbocycles. The first-order valence-electron chi connectivity index (χ1n) is 15.2. The fraction of sp³-hybridized carbons (Fsp3) is 0.556. The second kappa shape index (κ2) is 14.1. The Bertz CT molecular complexity index is 1230. The lowest BCUT2D eigenvalue weighted by Crippen LogP contribution is -2.30. The average molecular weight is 545 g/mol. The molecule has 0 aromatic heterocycles. The molecule has 0 saturated carbocycles. The third-order valence-corrected chi connectivity index (χ3v) is 8.76. The largest absolute Gasteiger partial charge is 0.300 e. The highest BCUT2D eigenvalue weighted by Crippen LogP contribution is 2.40. The normalized spacial score (nSPS) is 16.5. The maximum Gasteiger partial charge on any atom is 0.163 e. The van der Waals surface area contributed by atoms with E-state index in [0.717, 1.165) is 59.9 Å². The van der Waals surface area contributed by atoms with Crippen molar-refractivity contribution in [2.24, 2.45) is 17.8 Å². The van der Waals surface area contributed by atoms with Crippen molar-refractivity contribution in [3.8, 4) is 0 Å². The van der Waals surface area contributed by atoms with Gasteiger partial charge in [0.1, 0.15) is 17.3 Å². The highest BCUT2D eigenvalue weighted by atomic mass is 16.1. The monoisotopic (exact) mass is 544 g/mol. The number of carbonyl (C=O) groups excluding carboxylic acids is 4. The third-order valence-electron chi connectivity index (χ3n) is 8.76. The molecule has 1 aliphatic carbocycles. The Balaban J connectivity index is 1.87. The fourth-order valence-electron chi connectivity index (χ4n) is 6.79. The molecule has 0 aliphatic heterocycles. The smallest absolute Gasteiger partial charge is 0.163 e. The maximum absolute atomic E-state index is 13.7. The molecule has 40 heavy (non-hydrogen) atoms. The summed E-state index contributed by atoms with van der Waals surface area (Å²) in [5, 5.41) is 0. The van der Waals surface area contributed by atoms with Gasteiger partial charge in [-0.15, -0.1) is 0 Å². The molecular formula is C36H48O4. The zero-order valence-corrected chi connectivity index (χ0v) is 25.7. The molecule has 3 unspecified atom stereocenters. The lowest BCUT2D eigenvalue weighted by atomic mass is 9.70. The van der Waals surface area contributed by atoms with Crippen molar-refractivity contribution in [3.05, 3.63) is 69.3 Å². The molecule has 0 radical (unpaired) electrons. The summed E-state index contributed by atoms with van der Waals surface area (Å²) in [6, 6.07) is 10.3. The van der Waals surface area contributed by atoms with E-state index in [1.54, 1.807) is 0 Å². The van der Waals surface area contributed by atoms with Crippen LogP contribution in [-0.2, 0) is 33.6 Å². The van der Waals surface area contributed by atoms with E-state index < -0.39 is 0 Å². The molecular weight excluding hydrogens is 496 g/mol. The number of hydrogen-bond acceptors (Lipinski definition) is 4. The van der Waals surface area contributed by atoms with Crippen molar-refractivity contribution in [2.45, 2.75) is 112 Å². The van der Waals surface area contributed by atoms with E-state index in [0.29, 0.717) is 19.3 Å². The number of fused-ring (bicyclic) bond motifs is 1. The molecule has 2 aromatic rings. The van der Waals surface area contributed by atoms with Gasteiger partial charge in [0.05, 0.1) is 6.42 Å². The first-order chi connectivity index (χ1) is 18.9. The highest BCUT2D eigenvalue weighted by molar-refractivity contribution is 6.01. The SMILES string of the molecule is CCCC(CC1CC(=O)c2c(C)c(CC(=O)Cc3ccc(C)cc3)cc(C(C)C)c2C1)C(CC)C(=O)CC(C)=O. The van der Waals surface area contributed by atoms with Crippen molar-refractivity contribution >= 4 is 23.1 Å². The molecule has 3 rings (SSSR count). The predicted molar refractivity (Wildman–Crippen MR) is 162 cm³/mol. The van der Waals surface area contributed by atoms with Gasteiger partial charge in [-0.05, 0) is 85.6 Å². The topological polar surface area (TPSA) is 68.3 Å². The van der Waals surface area contributed by atoms with Crippen LogP contribution in [0.2, 0.25) is 0 Å². The minimum Gasteiger partial charge on any atom is -0.300 e. The van der Waals surface area contributed by atoms with Gasteiger partial charge >= 0.3 is 0 Å². The van der Waals surface area contributed by atoms with Crippen molar-refractivity contribution < 1.29 is 19.2 Å². The second-order valence-electron chi connectivity index (χ2n) is 12.5. The molecule has 1 aliphatic rings. The van der Waals surface area contributed by atoms with E-state index in [1.165, 1.54) is 18.1 Å². The molecule has 3 atom stereocenters. The Morgan fingerprint density at radius 3 is 2.23 bits per heavy atom. The summed E-state index contributed by atoms with van der Waals surface area (Å²) in [5.74, 6) is 0.764. The zero-order valence-electron chi connectivity index (χ0n) is 25.7. The number of rotatable bonds is 14. The Labute approximate surface area is 241 Å². The van der Waals surface area contributed by atoms with Crippen LogP contribution in [0.1, 0.15) is 123 Å². The Hall–Kier alpha value is -2.88. The molecule has 0 fully saturated rings. The van der Waals surface area contributed by atoms with Crippen molar-refractivity contribution in [1.82, 2.24) is 0 Å². The van der Waals surface area contributed by atoms with Crippen LogP contribution in [0.15, 0.2) is 30.3 Å². The molecule has 0 N–H and O–H groups in total. The van der Waals surface area contributed by atoms with Crippen molar-refractivity contribution in [3.63, 3.8) is 0 Å². The molecule has 0 bridgehead atoms. The molecule has 4 heteroatoms. The average Bonchev–Trinajstić information content (AvgIpc) is 2.86. The minimum atomic E-state index is -0.131. The summed E-state index contributed by atoms with van der Waals surface area (Å²) in [7, 11) is 0. The Morgan fingerprint density at radius 1 is 0.975 bits per heavy atom. The number of benzene rings is 2. The van der Waals surface area contributed by atoms with Gasteiger partial charge in [0.25, 0.3) is 0 Å². The number of Topliss-reactive ketones (excluding diaryl/α,β-unsaturated/α-hetero) is 4. The number of carbonyl (C=O) groups is 4. The van der Waals surface area contributed by atoms with Crippen molar-refractivity contribution in [2.75, 3.05) is 0 Å². The molecule has 4 nitrogen and oxygen atoms in total. The fourth-order valence-corrected chi connectivity index (χ4v) is 6.79. The van der Waals surface area contributed by atoms with Gasteiger partial charge in [-0.3, -0.25) is 19.2 Å². The van der Waals surface area contributed by atoms with Gasteiger partial charge in [0.2, 0.25) is 0 Å². The first-order valence-corrected chi connectivity index (χ1v) is 15.2. The van der Waals surface area contributed by atoms with Crippen LogP contribution >= 0.6 is 0 Å². The lowest BCUT2D eigenvalue weighted by Gasteiger charge is -2.33. The van der Waals surface area contributed by atoms with Crippen LogP contribution in [0.5, 0.6) is 0 Å². The standard InChI is InChI=1S/C36H48O4/c1-8-10-28(31(9-2)34(39)15-24(6)37)16-27-18-33-32(22(3)4)21-29(25(7)36(33)35(40)19-27)20-30(38)17-26-13-11-23(5)12-14-26/h11-14,21-22,27-28,31H,8-10,15-20H2,1-7H3. The van der Waals surface area contributed by atoms with E-state index in [2.05, 4.69) is 26.8 Å². The predicted octanol–water partition coefficient (Wildman–Crippen LogP) is 7.91. The van der Waals surface area contributed by atoms with Gasteiger partial charge < -0.3 is 0 Å². The van der Waals surface area contributed by atoms with Crippen LogP contribution in [-0.4, -0.2) is 23.1 Å². The van der Waals surface area contributed by atoms with Crippen molar-refractivity contribution in [1.29, 1.82) is 0 Å². The van der Waals surface area contributed by atoms with E-state index in [-0.39, 0.29) is 53.2 Å². The zero-order chi connectivity index (χ0) is 29.6. The summed E-state index contributed by atoms with van der Waals surface area (Å²) < 4.78 is 0. The third kappa shape index (κ3) is 7.86. The van der Waals surface area contributed by atoms with Gasteiger partial charge in [0, 0.05) is 30.7 Å². The van der Waals surface area contributed by atoms with Crippen LogP contribution in [0.25, 0.3) is 0 Å². The lowest BCUT2D eigenvalue weighted by molar-refractivity contribution is -0.130. The molecule has 216 valence electrons. The van der Waals surface area contributed by atoms with Gasteiger partial charge in [0.15, 0.2) is 5.78 Å². The molecule has 0 saturated heterocycles. The van der Waals surface area contributed by atoms with E-state index in [1.807, 2.05) is 45.0 Å². The van der Waals surface area contributed by atoms with E-state index >= 15 is 0 Å². The Morgan fingerprint density at radius 2 is 1.65 bits per heavy atom. The quantitative estimate of drug-likeness (QED) is 0.227. The molecule has 0 spiro atoms. The number of ketones is 4. The highest BCUT2D eigenvalue weighted by Gasteiger charge is 2.34. The second-order valence-corrected chi connectivity index (χ2v) is 12.5. The summed E-state index contributed by atoms with van der Waals surface area (Å²) in [5.41, 5.74) is 7.25. The van der Waals surface area contributed by atoms with Crippen LogP contribution < -0.4 is 0 Å². The van der Waals surface area contributed by atoms with Crippen LogP contribution in [0.3, 0.4) is 0 Å². The summed E-state index contributed by atoms with van der Waals surface area (Å²) in [4.78, 5) is 51.4. The Kier molecular flexibility index (Phi) is 11.2. The first kappa shape index (κ1) is 31.6. The van der Waals surface area contributed by atoms with Gasteiger partial charge in [-0.2, -0.15) is 0 Å². The summed E-state index contributed by atoms with van der Waals surface area (Å²) >= 11 is 0. The summed E-state index contributed by atoms with van der Waals surface area (Å²) in [6.07, 6.45) is 5.49. The van der Waals surface area contributed by atoms with E-state index in [4.69, 9.17) is 0 Å². The maximum atomic E-state index is 13.7.